The Labute approximate surface area is 154 Å². The predicted octanol–water partition coefficient (Wildman–Crippen LogP) is 3.30. The highest BCUT2D eigenvalue weighted by atomic mass is 16.1. The van der Waals surface area contributed by atoms with E-state index in [0.29, 0.717) is 0 Å². The molecule has 4 heteroatoms. The van der Waals surface area contributed by atoms with Crippen LogP contribution in [0.3, 0.4) is 0 Å². The van der Waals surface area contributed by atoms with Gasteiger partial charge in [-0.15, -0.1) is 0 Å². The summed E-state index contributed by atoms with van der Waals surface area (Å²) >= 11 is 0. The molecule has 0 amide bonds. The van der Waals surface area contributed by atoms with Crippen molar-refractivity contribution in [1.29, 1.82) is 0 Å². The first-order chi connectivity index (χ1) is 12.7. The van der Waals surface area contributed by atoms with E-state index in [-0.39, 0.29) is 5.56 Å². The number of hydrogen-bond donors (Lipinski definition) is 0. The lowest BCUT2D eigenvalue weighted by atomic mass is 10.1. The van der Waals surface area contributed by atoms with Crippen molar-refractivity contribution >= 4 is 16.5 Å². The van der Waals surface area contributed by atoms with Crippen LogP contribution >= 0.6 is 0 Å². The molecule has 0 unspecified atom stereocenters. The Bertz CT molecular complexity index is 970. The number of fused-ring (bicyclic) bond motifs is 1. The quantitative estimate of drug-likeness (QED) is 0.728. The number of aromatic nitrogens is 1. The fraction of sp³-hybridized carbons (Fsp3) is 0.318. The number of nitrogens with zero attached hydrogens (tertiary/aromatic N) is 3. The first-order valence-corrected chi connectivity index (χ1v) is 9.35. The van der Waals surface area contributed by atoms with Crippen LogP contribution in [0.5, 0.6) is 0 Å². The van der Waals surface area contributed by atoms with Gasteiger partial charge in [0, 0.05) is 37.6 Å². The number of anilines is 1. The summed E-state index contributed by atoms with van der Waals surface area (Å²) in [6.07, 6.45) is 0.818. The molecule has 0 N–H and O–H groups in total. The zero-order valence-corrected chi connectivity index (χ0v) is 15.5. The summed E-state index contributed by atoms with van der Waals surface area (Å²) in [4.78, 5) is 18.2. The van der Waals surface area contributed by atoms with Gasteiger partial charge in [0.25, 0.3) is 5.56 Å². The van der Waals surface area contributed by atoms with E-state index in [9.17, 15) is 4.79 Å². The van der Waals surface area contributed by atoms with Gasteiger partial charge in [-0.2, -0.15) is 0 Å². The van der Waals surface area contributed by atoms with Gasteiger partial charge in [-0.05, 0) is 43.1 Å². The van der Waals surface area contributed by atoms with Gasteiger partial charge in [0.05, 0.1) is 11.1 Å². The Morgan fingerprint density at radius 3 is 2.35 bits per heavy atom. The molecule has 2 heterocycles. The average molecular weight is 347 g/mol. The maximum Gasteiger partial charge on any atom is 0.265 e. The summed E-state index contributed by atoms with van der Waals surface area (Å²) in [5.74, 6) is 0. The van der Waals surface area contributed by atoms with Crippen LogP contribution in [-0.2, 0) is 6.42 Å². The van der Waals surface area contributed by atoms with Crippen LogP contribution in [0.15, 0.2) is 59.4 Å². The van der Waals surface area contributed by atoms with Gasteiger partial charge < -0.3 is 9.80 Å². The molecule has 0 atom stereocenters. The number of hydrogen-bond acceptors (Lipinski definition) is 3. The molecule has 0 radical (unpaired) electrons. The smallest absolute Gasteiger partial charge is 0.265 e. The molecule has 0 spiro atoms. The Morgan fingerprint density at radius 1 is 0.923 bits per heavy atom. The summed E-state index contributed by atoms with van der Waals surface area (Å²) in [6.45, 7) is 6.06. The number of aryl methyl sites for hydroxylation is 1. The van der Waals surface area contributed by atoms with Crippen LogP contribution in [-0.4, -0.2) is 42.7 Å². The fourth-order valence-electron chi connectivity index (χ4n) is 3.83. The molecular formula is C22H25N3O. The maximum atomic E-state index is 13.6. The molecule has 1 aliphatic heterocycles. The largest absolute Gasteiger partial charge is 0.368 e. The third-order valence-corrected chi connectivity index (χ3v) is 5.32. The number of piperazine rings is 1. The van der Waals surface area contributed by atoms with Crippen molar-refractivity contribution in [2.45, 2.75) is 13.3 Å². The van der Waals surface area contributed by atoms with E-state index in [1.807, 2.05) is 34.9 Å². The van der Waals surface area contributed by atoms with Gasteiger partial charge in [0.15, 0.2) is 0 Å². The second-order valence-corrected chi connectivity index (χ2v) is 7.00. The highest BCUT2D eigenvalue weighted by molar-refractivity contribution is 5.94. The predicted molar refractivity (Wildman–Crippen MR) is 109 cm³/mol. The minimum atomic E-state index is 0.0834. The molecule has 0 bridgehead atoms. The number of pyridine rings is 1. The van der Waals surface area contributed by atoms with Gasteiger partial charge >= 0.3 is 0 Å². The SMILES string of the molecule is CCc1cc2cccc(N3CCN(C)CC3)c2c(=O)n1-c1ccccc1. The third kappa shape index (κ3) is 2.90. The fourth-order valence-corrected chi connectivity index (χ4v) is 3.83. The Kier molecular flexibility index (Phi) is 4.51. The summed E-state index contributed by atoms with van der Waals surface area (Å²) in [6, 6.07) is 18.4. The summed E-state index contributed by atoms with van der Waals surface area (Å²) in [5, 5.41) is 1.87. The van der Waals surface area contributed by atoms with E-state index in [4.69, 9.17) is 0 Å². The highest BCUT2D eigenvalue weighted by Crippen LogP contribution is 2.27. The molecule has 1 aromatic heterocycles. The van der Waals surface area contributed by atoms with Crippen molar-refractivity contribution in [3.63, 3.8) is 0 Å². The molecule has 4 nitrogen and oxygen atoms in total. The van der Waals surface area contributed by atoms with Crippen molar-refractivity contribution in [2.24, 2.45) is 0 Å². The molecule has 2 aromatic carbocycles. The molecule has 4 rings (SSSR count). The van der Waals surface area contributed by atoms with Crippen molar-refractivity contribution in [3.05, 3.63) is 70.6 Å². The summed E-state index contributed by atoms with van der Waals surface area (Å²) in [5.41, 5.74) is 3.13. The lowest BCUT2D eigenvalue weighted by molar-refractivity contribution is 0.313. The van der Waals surface area contributed by atoms with Crippen LogP contribution in [0.4, 0.5) is 5.69 Å². The monoisotopic (exact) mass is 347 g/mol. The van der Waals surface area contributed by atoms with Crippen LogP contribution in [0.1, 0.15) is 12.6 Å². The van der Waals surface area contributed by atoms with Gasteiger partial charge in [0.1, 0.15) is 0 Å². The molecule has 1 aliphatic rings. The molecule has 26 heavy (non-hydrogen) atoms. The first-order valence-electron chi connectivity index (χ1n) is 9.35. The summed E-state index contributed by atoms with van der Waals surface area (Å²) < 4.78 is 1.88. The standard InChI is InChI=1S/C22H25N3O/c1-3-18-16-17-8-7-11-20(24-14-12-23(2)13-15-24)21(17)22(26)25(18)19-9-5-4-6-10-19/h4-11,16H,3,12-15H2,1-2H3. The number of benzene rings is 2. The van der Waals surface area contributed by atoms with E-state index < -0.39 is 0 Å². The van der Waals surface area contributed by atoms with Crippen molar-refractivity contribution in [2.75, 3.05) is 38.1 Å². The van der Waals surface area contributed by atoms with Crippen molar-refractivity contribution in [3.8, 4) is 5.69 Å². The molecule has 0 aliphatic carbocycles. The Balaban J connectivity index is 1.95. The van der Waals surface area contributed by atoms with Crippen molar-refractivity contribution < 1.29 is 0 Å². The van der Waals surface area contributed by atoms with E-state index >= 15 is 0 Å². The number of para-hydroxylation sites is 1. The van der Waals surface area contributed by atoms with E-state index in [1.54, 1.807) is 0 Å². The zero-order chi connectivity index (χ0) is 18.1. The lowest BCUT2D eigenvalue weighted by Crippen LogP contribution is -2.44. The maximum absolute atomic E-state index is 13.6. The van der Waals surface area contributed by atoms with Crippen LogP contribution < -0.4 is 10.5 Å². The normalized spacial score (nSPS) is 15.5. The van der Waals surface area contributed by atoms with Gasteiger partial charge in [-0.1, -0.05) is 37.3 Å². The number of likely N-dealkylation sites (N-methyl/N-ethyl adjacent to an activating group) is 1. The number of rotatable bonds is 3. The first kappa shape index (κ1) is 16.9. The molecule has 1 saturated heterocycles. The van der Waals surface area contributed by atoms with E-state index in [2.05, 4.69) is 48.0 Å². The summed E-state index contributed by atoms with van der Waals surface area (Å²) in [7, 11) is 2.15. The van der Waals surface area contributed by atoms with Crippen LogP contribution in [0, 0.1) is 0 Å². The van der Waals surface area contributed by atoms with Crippen LogP contribution in [0.25, 0.3) is 16.5 Å². The molecule has 134 valence electrons. The van der Waals surface area contributed by atoms with Gasteiger partial charge in [-0.3, -0.25) is 9.36 Å². The van der Waals surface area contributed by atoms with Gasteiger partial charge in [-0.25, -0.2) is 0 Å². The minimum Gasteiger partial charge on any atom is -0.368 e. The molecule has 0 saturated carbocycles. The van der Waals surface area contributed by atoms with Gasteiger partial charge in [0.2, 0.25) is 0 Å². The Hall–Kier alpha value is -2.59. The molecular weight excluding hydrogens is 322 g/mol. The Morgan fingerprint density at radius 2 is 1.65 bits per heavy atom. The van der Waals surface area contributed by atoms with Crippen LogP contribution in [0.2, 0.25) is 0 Å². The molecule has 3 aromatic rings. The average Bonchev–Trinajstić information content (AvgIpc) is 2.68. The second-order valence-electron chi connectivity index (χ2n) is 7.00. The van der Waals surface area contributed by atoms with E-state index in [0.717, 1.165) is 60.4 Å². The van der Waals surface area contributed by atoms with Crippen molar-refractivity contribution in [1.82, 2.24) is 9.47 Å². The topological polar surface area (TPSA) is 28.5 Å². The highest BCUT2D eigenvalue weighted by Gasteiger charge is 2.19. The zero-order valence-electron chi connectivity index (χ0n) is 15.5. The van der Waals surface area contributed by atoms with E-state index in [1.165, 1.54) is 0 Å². The minimum absolute atomic E-state index is 0.0834. The lowest BCUT2D eigenvalue weighted by Gasteiger charge is -2.34. The second kappa shape index (κ2) is 6.96. The molecule has 1 fully saturated rings. The third-order valence-electron chi connectivity index (χ3n) is 5.32.